The van der Waals surface area contributed by atoms with Gasteiger partial charge in [0.25, 0.3) is 5.91 Å². The van der Waals surface area contributed by atoms with Crippen LogP contribution in [0.25, 0.3) is 0 Å². The fourth-order valence-corrected chi connectivity index (χ4v) is 7.86. The van der Waals surface area contributed by atoms with Crippen molar-refractivity contribution in [3.05, 3.63) is 59.7 Å². The first-order valence-corrected chi connectivity index (χ1v) is 16.5. The summed E-state index contributed by atoms with van der Waals surface area (Å²) in [5.41, 5.74) is 0.117. The van der Waals surface area contributed by atoms with E-state index in [0.29, 0.717) is 30.4 Å². The van der Waals surface area contributed by atoms with E-state index < -0.39 is 45.2 Å². The summed E-state index contributed by atoms with van der Waals surface area (Å²) in [6.07, 6.45) is 3.82. The molecule has 0 radical (unpaired) electrons. The van der Waals surface area contributed by atoms with Crippen LogP contribution in [0.15, 0.2) is 53.4 Å². The molecule has 1 saturated heterocycles. The van der Waals surface area contributed by atoms with Gasteiger partial charge in [-0.05, 0) is 76.6 Å². The zero-order chi connectivity index (χ0) is 30.7. The molecule has 2 fully saturated rings. The molecule has 10 heteroatoms. The van der Waals surface area contributed by atoms with Crippen molar-refractivity contribution >= 4 is 21.7 Å². The first-order valence-electron chi connectivity index (χ1n) is 14.9. The number of nitrogens with one attached hydrogen (secondary N) is 2. The Bertz CT molecular complexity index is 1360. The maximum Gasteiger partial charge on any atom is 0.252 e. The minimum Gasteiger partial charge on any atom is -0.508 e. The molecule has 5 atom stereocenters. The molecule has 1 aliphatic carbocycles. The maximum absolute atomic E-state index is 13.5. The number of β-amino-alcohol motifs (C(OH)–C–C–N with tert-alkyl or cyclic N) is 1. The standard InChI is InChI=1S/C32H45N3O6S/c1-21-25(15-10-16-28(21)36)30(38)33-26(20-42(40,41)24-13-6-5-7-14-24)29(37)19-35-18-23-12-9-8-11-22(23)17-27(35)31(39)34-32(2,3)4/h5-7,10,13-16,22-23,26-27,29,36-37H,8-9,11-12,17-20H2,1-4H3,(H,33,38)(H,34,39)/t22-,23+,26-,27-,29+/m1/s1. The first-order chi connectivity index (χ1) is 19.7. The third kappa shape index (κ3) is 7.90. The fraction of sp³-hybridized carbons (Fsp3) is 0.562. The van der Waals surface area contributed by atoms with Crippen molar-refractivity contribution in [2.45, 2.75) is 88.4 Å². The second kappa shape index (κ2) is 13.1. The molecule has 2 amide bonds. The SMILES string of the molecule is Cc1c(O)cccc1C(=O)N[C@H](CS(=O)(=O)c1ccccc1)[C@@H](O)CN1C[C@@H]2CCCC[C@@H]2C[C@@H]1C(=O)NC(C)(C)C. The van der Waals surface area contributed by atoms with Gasteiger partial charge in [-0.25, -0.2) is 8.42 Å². The van der Waals surface area contributed by atoms with Crippen LogP contribution in [0.3, 0.4) is 0 Å². The number of carbonyl (C=O) groups excluding carboxylic acids is 2. The lowest BCUT2D eigenvalue weighted by molar-refractivity contribution is -0.132. The highest BCUT2D eigenvalue weighted by Crippen LogP contribution is 2.39. The molecule has 1 aliphatic heterocycles. The van der Waals surface area contributed by atoms with Gasteiger partial charge in [0.05, 0.1) is 28.8 Å². The van der Waals surface area contributed by atoms with Gasteiger partial charge in [-0.3, -0.25) is 14.5 Å². The number of fused-ring (bicyclic) bond motifs is 1. The number of nitrogens with zero attached hydrogens (tertiary/aromatic N) is 1. The molecule has 0 spiro atoms. The van der Waals surface area contributed by atoms with Gasteiger partial charge < -0.3 is 20.8 Å². The number of carbonyl (C=O) groups is 2. The van der Waals surface area contributed by atoms with E-state index in [2.05, 4.69) is 10.6 Å². The zero-order valence-corrected chi connectivity index (χ0v) is 25.9. The number of aromatic hydroxyl groups is 1. The van der Waals surface area contributed by atoms with Crippen molar-refractivity contribution in [3.8, 4) is 5.75 Å². The van der Waals surface area contributed by atoms with E-state index in [1.54, 1.807) is 31.2 Å². The van der Waals surface area contributed by atoms with Gasteiger partial charge in [0.2, 0.25) is 5.91 Å². The van der Waals surface area contributed by atoms with Crippen molar-refractivity contribution in [3.63, 3.8) is 0 Å². The van der Waals surface area contributed by atoms with Crippen LogP contribution < -0.4 is 10.6 Å². The van der Waals surface area contributed by atoms with Crippen LogP contribution in [-0.2, 0) is 14.6 Å². The summed E-state index contributed by atoms with van der Waals surface area (Å²) < 4.78 is 26.8. The van der Waals surface area contributed by atoms with Crippen LogP contribution in [0, 0.1) is 18.8 Å². The molecule has 2 aromatic carbocycles. The number of hydrogen-bond donors (Lipinski definition) is 4. The molecule has 1 saturated carbocycles. The van der Waals surface area contributed by atoms with Crippen molar-refractivity contribution < 1.29 is 28.2 Å². The number of aliphatic hydroxyl groups excluding tert-OH is 1. The molecule has 0 unspecified atom stereocenters. The Hall–Kier alpha value is -2.95. The van der Waals surface area contributed by atoms with Crippen LogP contribution in [0.5, 0.6) is 5.75 Å². The number of likely N-dealkylation sites (tertiary alicyclic amines) is 1. The van der Waals surface area contributed by atoms with Crippen molar-refractivity contribution in [2.75, 3.05) is 18.8 Å². The highest BCUT2D eigenvalue weighted by molar-refractivity contribution is 7.91. The largest absolute Gasteiger partial charge is 0.508 e. The Morgan fingerprint density at radius 3 is 2.36 bits per heavy atom. The number of phenolic OH excluding ortho intramolecular Hbond substituents is 1. The number of phenols is 1. The second-order valence-electron chi connectivity index (χ2n) is 12.9. The molecular formula is C32H45N3O6S. The van der Waals surface area contributed by atoms with Crippen LogP contribution in [0.2, 0.25) is 0 Å². The number of benzene rings is 2. The summed E-state index contributed by atoms with van der Waals surface area (Å²) in [5.74, 6) is -0.443. The molecule has 2 aromatic rings. The number of rotatable bonds is 9. The highest BCUT2D eigenvalue weighted by atomic mass is 32.2. The van der Waals surface area contributed by atoms with Crippen molar-refractivity contribution in [1.29, 1.82) is 0 Å². The first kappa shape index (κ1) is 32.0. The molecule has 42 heavy (non-hydrogen) atoms. The molecule has 1 heterocycles. The Labute approximate surface area is 249 Å². The van der Waals surface area contributed by atoms with Gasteiger partial charge >= 0.3 is 0 Å². The Morgan fingerprint density at radius 2 is 1.69 bits per heavy atom. The van der Waals surface area contributed by atoms with E-state index in [1.807, 2.05) is 25.7 Å². The smallest absolute Gasteiger partial charge is 0.252 e. The summed E-state index contributed by atoms with van der Waals surface area (Å²) >= 11 is 0. The van der Waals surface area contributed by atoms with Crippen LogP contribution in [0.4, 0.5) is 0 Å². The van der Waals surface area contributed by atoms with E-state index >= 15 is 0 Å². The summed E-state index contributed by atoms with van der Waals surface area (Å²) in [4.78, 5) is 28.9. The zero-order valence-electron chi connectivity index (χ0n) is 25.0. The summed E-state index contributed by atoms with van der Waals surface area (Å²) in [6.45, 7) is 8.05. The average Bonchev–Trinajstić information content (AvgIpc) is 2.93. The molecule has 4 N–H and O–H groups in total. The lowest BCUT2D eigenvalue weighted by Gasteiger charge is -2.47. The van der Waals surface area contributed by atoms with Crippen molar-refractivity contribution in [1.82, 2.24) is 15.5 Å². The molecule has 230 valence electrons. The Morgan fingerprint density at radius 1 is 1.02 bits per heavy atom. The minimum absolute atomic E-state index is 0.0275. The van der Waals surface area contributed by atoms with E-state index in [9.17, 15) is 28.2 Å². The van der Waals surface area contributed by atoms with E-state index in [1.165, 1.54) is 24.3 Å². The molecule has 4 rings (SSSR count). The topological polar surface area (TPSA) is 136 Å². The predicted octanol–water partition coefficient (Wildman–Crippen LogP) is 3.43. The molecule has 0 aromatic heterocycles. The molecule has 2 aliphatic rings. The summed E-state index contributed by atoms with van der Waals surface area (Å²) in [5, 5.41) is 27.6. The van der Waals surface area contributed by atoms with Gasteiger partial charge in [-0.2, -0.15) is 0 Å². The molecule has 0 bridgehead atoms. The number of sulfone groups is 1. The minimum atomic E-state index is -3.89. The Balaban J connectivity index is 1.61. The number of aliphatic hydroxyl groups is 1. The van der Waals surface area contributed by atoms with Crippen LogP contribution in [-0.4, -0.2) is 77.9 Å². The van der Waals surface area contributed by atoms with E-state index in [4.69, 9.17) is 0 Å². The van der Waals surface area contributed by atoms with Crippen LogP contribution >= 0.6 is 0 Å². The summed E-state index contributed by atoms with van der Waals surface area (Å²) in [6, 6.07) is 10.9. The average molecular weight is 600 g/mol. The van der Waals surface area contributed by atoms with Gasteiger partial charge in [-0.1, -0.05) is 43.5 Å². The van der Waals surface area contributed by atoms with Crippen molar-refractivity contribution in [2.24, 2.45) is 11.8 Å². The highest BCUT2D eigenvalue weighted by Gasteiger charge is 2.42. The molecular weight excluding hydrogens is 554 g/mol. The third-order valence-corrected chi connectivity index (χ3v) is 10.3. The van der Waals surface area contributed by atoms with Gasteiger partial charge in [0.1, 0.15) is 5.75 Å². The predicted molar refractivity (Wildman–Crippen MR) is 162 cm³/mol. The number of amides is 2. The summed E-state index contributed by atoms with van der Waals surface area (Å²) in [7, 11) is -3.89. The van der Waals surface area contributed by atoms with Gasteiger partial charge in [-0.15, -0.1) is 0 Å². The van der Waals surface area contributed by atoms with Gasteiger partial charge in [0, 0.05) is 29.8 Å². The van der Waals surface area contributed by atoms with E-state index in [0.717, 1.165) is 25.7 Å². The Kier molecular flexibility index (Phi) is 10.0. The monoisotopic (exact) mass is 599 g/mol. The van der Waals surface area contributed by atoms with E-state index in [-0.39, 0.29) is 28.7 Å². The lowest BCUT2D eigenvalue weighted by Crippen LogP contribution is -2.60. The molecule has 9 nitrogen and oxygen atoms in total. The number of piperidine rings is 1. The van der Waals surface area contributed by atoms with Crippen LogP contribution in [0.1, 0.15) is 68.8 Å². The second-order valence-corrected chi connectivity index (χ2v) is 15.0. The quantitative estimate of drug-likeness (QED) is 0.347. The van der Waals surface area contributed by atoms with Gasteiger partial charge in [0.15, 0.2) is 9.84 Å². The maximum atomic E-state index is 13.5. The normalized spacial score (nSPS) is 22.9. The third-order valence-electron chi connectivity index (χ3n) is 8.56. The lowest BCUT2D eigenvalue weighted by atomic mass is 9.72. The number of hydrogen-bond acceptors (Lipinski definition) is 7. The fourth-order valence-electron chi connectivity index (χ4n) is 6.32.